The van der Waals surface area contributed by atoms with Crippen molar-refractivity contribution in [2.45, 2.75) is 6.92 Å². The molecule has 0 saturated carbocycles. The number of rotatable bonds is 5. The molecule has 0 saturated heterocycles. The highest BCUT2D eigenvalue weighted by Gasteiger charge is 2.21. The zero-order chi connectivity index (χ0) is 16.9. The number of nitrogens with zero attached hydrogens (tertiary/aromatic N) is 1. The summed E-state index contributed by atoms with van der Waals surface area (Å²) in [7, 11) is 2.16. The molecule has 22 heavy (non-hydrogen) atoms. The number of benzene rings is 1. The second-order valence-corrected chi connectivity index (χ2v) is 4.07. The van der Waals surface area contributed by atoms with Crippen molar-refractivity contribution in [3.05, 3.63) is 45.4 Å². The van der Waals surface area contributed by atoms with E-state index in [9.17, 15) is 24.1 Å². The van der Waals surface area contributed by atoms with Gasteiger partial charge < -0.3 is 14.8 Å². The Morgan fingerprint density at radius 3 is 2.45 bits per heavy atom. The van der Waals surface area contributed by atoms with Crippen molar-refractivity contribution in [1.82, 2.24) is 0 Å². The van der Waals surface area contributed by atoms with Crippen molar-refractivity contribution >= 4 is 23.3 Å². The van der Waals surface area contributed by atoms with E-state index in [4.69, 9.17) is 0 Å². The number of hydrogen-bond acceptors (Lipinski definition) is 7. The number of nitrogens with one attached hydrogen (secondary N) is 1. The summed E-state index contributed by atoms with van der Waals surface area (Å²) in [6.45, 7) is 1.39. The minimum absolute atomic E-state index is 0.121. The Balaban J connectivity index is 3.32. The lowest BCUT2D eigenvalue weighted by atomic mass is 10.1. The summed E-state index contributed by atoms with van der Waals surface area (Å²) in [5.74, 6) is -2.58. The smallest absolute Gasteiger partial charge is 0.354 e. The van der Waals surface area contributed by atoms with Crippen LogP contribution in [-0.4, -0.2) is 31.1 Å². The van der Waals surface area contributed by atoms with Crippen molar-refractivity contribution in [3.63, 3.8) is 0 Å². The fourth-order valence-corrected chi connectivity index (χ4v) is 1.50. The second-order valence-electron chi connectivity index (χ2n) is 4.07. The van der Waals surface area contributed by atoms with Crippen LogP contribution < -0.4 is 5.32 Å². The van der Waals surface area contributed by atoms with Gasteiger partial charge in [-0.05, 0) is 18.6 Å². The SMILES string of the molecule is COC(=O)/C=C(/Nc1cc(C)c(F)cc1[N+](=O)[O-])C(=O)OC. The van der Waals surface area contributed by atoms with Gasteiger partial charge in [-0.2, -0.15) is 0 Å². The van der Waals surface area contributed by atoms with Gasteiger partial charge in [0.15, 0.2) is 0 Å². The standard InChI is InChI=1S/C13H13FN2O6/c1-7-4-9(11(16(19)20)5-8(7)14)15-10(13(18)22-3)6-12(17)21-2/h4-6,15H,1-3H3/b10-6+. The molecule has 1 rings (SSSR count). The van der Waals surface area contributed by atoms with Crippen LogP contribution in [-0.2, 0) is 19.1 Å². The highest BCUT2D eigenvalue weighted by Crippen LogP contribution is 2.28. The van der Waals surface area contributed by atoms with Crippen LogP contribution in [0.1, 0.15) is 5.56 Å². The zero-order valence-corrected chi connectivity index (χ0v) is 12.0. The average Bonchev–Trinajstić information content (AvgIpc) is 2.48. The lowest BCUT2D eigenvalue weighted by Crippen LogP contribution is -2.16. The maximum absolute atomic E-state index is 13.4. The Hall–Kier alpha value is -2.97. The molecular weight excluding hydrogens is 299 g/mol. The molecule has 0 heterocycles. The molecule has 0 aliphatic carbocycles. The Kier molecular flexibility index (Phi) is 5.56. The van der Waals surface area contributed by atoms with E-state index in [1.165, 1.54) is 6.92 Å². The van der Waals surface area contributed by atoms with Crippen molar-refractivity contribution in [3.8, 4) is 0 Å². The molecule has 9 heteroatoms. The highest BCUT2D eigenvalue weighted by molar-refractivity contribution is 5.99. The Morgan fingerprint density at radius 1 is 1.32 bits per heavy atom. The number of nitro benzene ring substituents is 1. The van der Waals surface area contributed by atoms with Crippen molar-refractivity contribution in [2.24, 2.45) is 0 Å². The summed E-state index contributed by atoms with van der Waals surface area (Å²) in [6, 6.07) is 1.85. The summed E-state index contributed by atoms with van der Waals surface area (Å²) in [5.41, 5.74) is -1.02. The van der Waals surface area contributed by atoms with E-state index in [1.807, 2.05) is 0 Å². The molecule has 0 aliphatic rings. The Bertz CT molecular complexity index is 656. The number of hydrogen-bond donors (Lipinski definition) is 1. The number of carbonyl (C=O) groups is 2. The van der Waals surface area contributed by atoms with Gasteiger partial charge >= 0.3 is 11.9 Å². The van der Waals surface area contributed by atoms with Gasteiger partial charge in [0.2, 0.25) is 0 Å². The topological polar surface area (TPSA) is 108 Å². The van der Waals surface area contributed by atoms with E-state index in [2.05, 4.69) is 14.8 Å². The lowest BCUT2D eigenvalue weighted by Gasteiger charge is -2.10. The van der Waals surface area contributed by atoms with Gasteiger partial charge in [0.1, 0.15) is 17.2 Å². The van der Waals surface area contributed by atoms with Gasteiger partial charge in [0.25, 0.3) is 5.69 Å². The van der Waals surface area contributed by atoms with Gasteiger partial charge in [0.05, 0.1) is 31.3 Å². The lowest BCUT2D eigenvalue weighted by molar-refractivity contribution is -0.384. The summed E-state index contributed by atoms with van der Waals surface area (Å²) >= 11 is 0. The van der Waals surface area contributed by atoms with Crippen LogP contribution in [0.5, 0.6) is 0 Å². The second kappa shape index (κ2) is 7.16. The Morgan fingerprint density at radius 2 is 1.95 bits per heavy atom. The molecule has 118 valence electrons. The molecule has 0 atom stereocenters. The van der Waals surface area contributed by atoms with Crippen LogP contribution in [0.4, 0.5) is 15.8 Å². The number of esters is 2. The third-order valence-electron chi connectivity index (χ3n) is 2.61. The molecule has 0 unspecified atom stereocenters. The van der Waals surface area contributed by atoms with Gasteiger partial charge in [0, 0.05) is 0 Å². The fraction of sp³-hybridized carbons (Fsp3) is 0.231. The van der Waals surface area contributed by atoms with Crippen molar-refractivity contribution in [2.75, 3.05) is 19.5 Å². The zero-order valence-electron chi connectivity index (χ0n) is 12.0. The maximum Gasteiger partial charge on any atom is 0.354 e. The van der Waals surface area contributed by atoms with E-state index in [1.54, 1.807) is 0 Å². The maximum atomic E-state index is 13.4. The van der Waals surface area contributed by atoms with Crippen LogP contribution in [0, 0.1) is 22.9 Å². The number of aryl methyl sites for hydroxylation is 1. The molecule has 0 fully saturated rings. The van der Waals surface area contributed by atoms with E-state index in [0.29, 0.717) is 6.07 Å². The molecule has 0 radical (unpaired) electrons. The van der Waals surface area contributed by atoms with Gasteiger partial charge in [-0.15, -0.1) is 0 Å². The van der Waals surface area contributed by atoms with Gasteiger partial charge in [-0.3, -0.25) is 10.1 Å². The van der Waals surface area contributed by atoms with Crippen LogP contribution in [0.2, 0.25) is 0 Å². The van der Waals surface area contributed by atoms with E-state index in [0.717, 1.165) is 26.4 Å². The number of anilines is 1. The van der Waals surface area contributed by atoms with Crippen LogP contribution >= 0.6 is 0 Å². The van der Waals surface area contributed by atoms with Crippen LogP contribution in [0.25, 0.3) is 0 Å². The molecule has 8 nitrogen and oxygen atoms in total. The first-order valence-corrected chi connectivity index (χ1v) is 5.89. The van der Waals surface area contributed by atoms with Crippen molar-refractivity contribution < 1.29 is 28.4 Å². The number of nitro groups is 1. The number of ether oxygens (including phenoxy) is 2. The largest absolute Gasteiger partial charge is 0.466 e. The summed E-state index contributed by atoms with van der Waals surface area (Å²) in [6.07, 6.45) is 0.772. The highest BCUT2D eigenvalue weighted by atomic mass is 19.1. The number of carbonyl (C=O) groups excluding carboxylic acids is 2. The van der Waals surface area contributed by atoms with Gasteiger partial charge in [-0.25, -0.2) is 14.0 Å². The first kappa shape index (κ1) is 17.1. The normalized spacial score (nSPS) is 10.8. The van der Waals surface area contributed by atoms with Crippen molar-refractivity contribution in [1.29, 1.82) is 0 Å². The molecule has 1 aromatic rings. The molecule has 1 aromatic carbocycles. The van der Waals surface area contributed by atoms with E-state index >= 15 is 0 Å². The number of halogens is 1. The van der Waals surface area contributed by atoms with Crippen LogP contribution in [0.3, 0.4) is 0 Å². The molecule has 0 bridgehead atoms. The molecular formula is C13H13FN2O6. The summed E-state index contributed by atoms with van der Waals surface area (Å²) in [4.78, 5) is 33.0. The van der Waals surface area contributed by atoms with E-state index in [-0.39, 0.29) is 16.9 Å². The molecule has 0 spiro atoms. The average molecular weight is 312 g/mol. The molecule has 0 aliphatic heterocycles. The monoisotopic (exact) mass is 312 g/mol. The van der Waals surface area contributed by atoms with E-state index < -0.39 is 28.4 Å². The molecule has 0 amide bonds. The molecule has 1 N–H and O–H groups in total. The third kappa shape index (κ3) is 4.01. The number of methoxy groups -OCH3 is 2. The first-order chi connectivity index (χ1) is 10.3. The third-order valence-corrected chi connectivity index (χ3v) is 2.61. The summed E-state index contributed by atoms with van der Waals surface area (Å²) < 4.78 is 22.3. The fourth-order valence-electron chi connectivity index (χ4n) is 1.50. The first-order valence-electron chi connectivity index (χ1n) is 5.89. The predicted octanol–water partition coefficient (Wildman–Crippen LogP) is 1.68. The minimum Gasteiger partial charge on any atom is -0.466 e. The summed E-state index contributed by atoms with van der Waals surface area (Å²) in [5, 5.41) is 13.3. The predicted molar refractivity (Wildman–Crippen MR) is 73.5 cm³/mol. The minimum atomic E-state index is -0.943. The molecule has 0 aromatic heterocycles. The Labute approximate surface area is 124 Å². The van der Waals surface area contributed by atoms with Crippen LogP contribution in [0.15, 0.2) is 23.9 Å². The van der Waals surface area contributed by atoms with Gasteiger partial charge in [-0.1, -0.05) is 0 Å². The quantitative estimate of drug-likeness (QED) is 0.381.